The molecule has 0 unspecified atom stereocenters. The number of nitrogen functional groups attached to an aromatic ring is 1. The maximum atomic E-state index is 12.3. The summed E-state index contributed by atoms with van der Waals surface area (Å²) in [5.74, 6) is -1.36. The van der Waals surface area contributed by atoms with Crippen LogP contribution in [0.25, 0.3) is 0 Å². The third-order valence-electron chi connectivity index (χ3n) is 3.06. The molecule has 6 heteroatoms. The molecule has 1 fully saturated rings. The van der Waals surface area contributed by atoms with Crippen molar-refractivity contribution < 1.29 is 14.7 Å². The van der Waals surface area contributed by atoms with Crippen LogP contribution >= 0.6 is 11.6 Å². The van der Waals surface area contributed by atoms with Gasteiger partial charge in [-0.2, -0.15) is 0 Å². The van der Waals surface area contributed by atoms with Gasteiger partial charge >= 0.3 is 5.97 Å². The second kappa shape index (κ2) is 4.86. The monoisotopic (exact) mass is 268 g/mol. The first-order valence-corrected chi connectivity index (χ1v) is 5.98. The lowest BCUT2D eigenvalue weighted by atomic mass is 10.1. The highest BCUT2D eigenvalue weighted by atomic mass is 35.5. The zero-order valence-electron chi connectivity index (χ0n) is 9.60. The number of benzene rings is 1. The number of likely N-dealkylation sites (tertiary alicyclic amines) is 1. The normalized spacial score (nSPS) is 18.9. The molecule has 0 bridgehead atoms. The lowest BCUT2D eigenvalue weighted by Gasteiger charge is -2.22. The number of nitrogens with two attached hydrogens (primary N) is 1. The molecule has 3 N–H and O–H groups in total. The number of rotatable bonds is 2. The van der Waals surface area contributed by atoms with E-state index in [2.05, 4.69) is 0 Å². The second-order valence-electron chi connectivity index (χ2n) is 4.20. The van der Waals surface area contributed by atoms with Gasteiger partial charge in [0.25, 0.3) is 5.91 Å². The van der Waals surface area contributed by atoms with Crippen LogP contribution in [-0.2, 0) is 4.79 Å². The third kappa shape index (κ3) is 2.13. The molecular formula is C12H13ClN2O3. The van der Waals surface area contributed by atoms with Crippen LogP contribution in [-0.4, -0.2) is 34.5 Å². The third-order valence-corrected chi connectivity index (χ3v) is 3.48. The van der Waals surface area contributed by atoms with Gasteiger partial charge in [-0.25, -0.2) is 4.79 Å². The summed E-state index contributed by atoms with van der Waals surface area (Å²) in [6.07, 6.45) is 1.16. The molecule has 1 aromatic rings. The number of carbonyl (C=O) groups is 2. The Kier molecular flexibility index (Phi) is 3.43. The van der Waals surface area contributed by atoms with Crippen molar-refractivity contribution in [3.8, 4) is 0 Å². The number of carboxylic acids is 1. The molecule has 1 aromatic carbocycles. The molecule has 2 rings (SSSR count). The van der Waals surface area contributed by atoms with Gasteiger partial charge in [-0.3, -0.25) is 4.79 Å². The molecule has 1 aliphatic rings. The van der Waals surface area contributed by atoms with Crippen LogP contribution in [0.2, 0.25) is 5.02 Å². The minimum absolute atomic E-state index is 0.179. The van der Waals surface area contributed by atoms with E-state index in [1.54, 1.807) is 18.2 Å². The number of carbonyl (C=O) groups excluding carboxylic acids is 1. The highest BCUT2D eigenvalue weighted by Crippen LogP contribution is 2.27. The Balaban J connectivity index is 2.31. The zero-order chi connectivity index (χ0) is 13.3. The topological polar surface area (TPSA) is 83.6 Å². The smallest absolute Gasteiger partial charge is 0.326 e. The van der Waals surface area contributed by atoms with E-state index in [0.717, 1.165) is 0 Å². The van der Waals surface area contributed by atoms with Gasteiger partial charge in [0.1, 0.15) is 6.04 Å². The van der Waals surface area contributed by atoms with Crippen LogP contribution in [0.3, 0.4) is 0 Å². The number of anilines is 1. The first-order chi connectivity index (χ1) is 8.52. The average molecular weight is 269 g/mol. The van der Waals surface area contributed by atoms with Crippen LogP contribution in [0.4, 0.5) is 5.69 Å². The second-order valence-corrected chi connectivity index (χ2v) is 4.58. The predicted octanol–water partition coefficient (Wildman–Crippen LogP) is 1.61. The molecule has 0 spiro atoms. The van der Waals surface area contributed by atoms with Gasteiger partial charge in [0.15, 0.2) is 0 Å². The van der Waals surface area contributed by atoms with E-state index in [1.807, 2.05) is 0 Å². The van der Waals surface area contributed by atoms with E-state index in [1.165, 1.54) is 4.90 Å². The van der Waals surface area contributed by atoms with Gasteiger partial charge in [0.2, 0.25) is 0 Å². The summed E-state index contributed by atoms with van der Waals surface area (Å²) in [7, 11) is 0. The summed E-state index contributed by atoms with van der Waals surface area (Å²) in [4.78, 5) is 24.6. The number of nitrogens with zero attached hydrogens (tertiary/aromatic N) is 1. The number of halogens is 1. The molecule has 18 heavy (non-hydrogen) atoms. The predicted molar refractivity (Wildman–Crippen MR) is 67.6 cm³/mol. The summed E-state index contributed by atoms with van der Waals surface area (Å²) >= 11 is 5.97. The fourth-order valence-corrected chi connectivity index (χ4v) is 2.34. The van der Waals surface area contributed by atoms with E-state index in [-0.39, 0.29) is 16.5 Å². The van der Waals surface area contributed by atoms with Crippen LogP contribution in [0.1, 0.15) is 23.2 Å². The Morgan fingerprint density at radius 3 is 2.83 bits per heavy atom. The summed E-state index contributed by atoms with van der Waals surface area (Å²) in [6.45, 7) is 0.431. The Morgan fingerprint density at radius 1 is 1.44 bits per heavy atom. The van der Waals surface area contributed by atoms with Crippen molar-refractivity contribution in [3.05, 3.63) is 28.8 Å². The quantitative estimate of drug-likeness (QED) is 0.798. The van der Waals surface area contributed by atoms with Gasteiger partial charge in [-0.05, 0) is 25.0 Å². The molecule has 0 aromatic heterocycles. The van der Waals surface area contributed by atoms with Crippen LogP contribution in [0, 0.1) is 0 Å². The first kappa shape index (κ1) is 12.7. The molecule has 5 nitrogen and oxygen atoms in total. The Morgan fingerprint density at radius 2 is 2.17 bits per heavy atom. The maximum absolute atomic E-state index is 12.3. The van der Waals surface area contributed by atoms with Crippen molar-refractivity contribution >= 4 is 29.2 Å². The molecule has 1 saturated heterocycles. The molecule has 1 amide bonds. The first-order valence-electron chi connectivity index (χ1n) is 5.60. The lowest BCUT2D eigenvalue weighted by molar-refractivity contribution is -0.141. The van der Waals surface area contributed by atoms with Crippen LogP contribution < -0.4 is 5.73 Å². The van der Waals surface area contributed by atoms with Gasteiger partial charge in [-0.15, -0.1) is 0 Å². The van der Waals surface area contributed by atoms with Crippen molar-refractivity contribution in [3.63, 3.8) is 0 Å². The molecule has 0 saturated carbocycles. The van der Waals surface area contributed by atoms with Crippen molar-refractivity contribution in [2.75, 3.05) is 12.3 Å². The van der Waals surface area contributed by atoms with E-state index in [0.29, 0.717) is 25.1 Å². The van der Waals surface area contributed by atoms with Gasteiger partial charge in [-0.1, -0.05) is 17.7 Å². The fourth-order valence-electron chi connectivity index (χ4n) is 2.14. The fraction of sp³-hybridized carbons (Fsp3) is 0.333. The van der Waals surface area contributed by atoms with Crippen molar-refractivity contribution in [2.24, 2.45) is 0 Å². The van der Waals surface area contributed by atoms with Crippen molar-refractivity contribution in [1.82, 2.24) is 4.90 Å². The number of carboxylic acid groups (broad SMARTS) is 1. The SMILES string of the molecule is Nc1cccc(C(=O)N2CCC[C@H]2C(=O)O)c1Cl. The molecular weight excluding hydrogens is 256 g/mol. The highest BCUT2D eigenvalue weighted by molar-refractivity contribution is 6.36. The Bertz CT molecular complexity index is 504. The minimum atomic E-state index is -0.985. The van der Waals surface area contributed by atoms with Gasteiger partial charge < -0.3 is 15.7 Å². The van der Waals surface area contributed by atoms with Crippen LogP contribution in [0.5, 0.6) is 0 Å². The van der Waals surface area contributed by atoms with E-state index >= 15 is 0 Å². The molecule has 0 aliphatic carbocycles. The summed E-state index contributed by atoms with van der Waals surface area (Å²) in [5.41, 5.74) is 6.20. The molecule has 1 atom stereocenters. The molecule has 1 aliphatic heterocycles. The standard InChI is InChI=1S/C12H13ClN2O3/c13-10-7(3-1-4-8(10)14)11(16)15-6-2-5-9(15)12(17)18/h1,3-4,9H,2,5-6,14H2,(H,17,18)/t9-/m0/s1. The number of amides is 1. The summed E-state index contributed by atoms with van der Waals surface area (Å²) in [5, 5.41) is 9.23. The Labute approximate surface area is 109 Å². The number of hydrogen-bond donors (Lipinski definition) is 2. The Hall–Kier alpha value is -1.75. The van der Waals surface area contributed by atoms with E-state index in [9.17, 15) is 9.59 Å². The van der Waals surface area contributed by atoms with Crippen molar-refractivity contribution in [1.29, 1.82) is 0 Å². The van der Waals surface area contributed by atoms with Crippen LogP contribution in [0.15, 0.2) is 18.2 Å². The maximum Gasteiger partial charge on any atom is 0.326 e. The van der Waals surface area contributed by atoms with E-state index in [4.69, 9.17) is 22.4 Å². The molecule has 96 valence electrons. The molecule has 0 radical (unpaired) electrons. The van der Waals surface area contributed by atoms with E-state index < -0.39 is 12.0 Å². The van der Waals surface area contributed by atoms with Crippen molar-refractivity contribution in [2.45, 2.75) is 18.9 Å². The largest absolute Gasteiger partial charge is 0.480 e. The summed E-state index contributed by atoms with van der Waals surface area (Å²) < 4.78 is 0. The molecule has 1 heterocycles. The summed E-state index contributed by atoms with van der Waals surface area (Å²) in [6, 6.07) is 4.01. The minimum Gasteiger partial charge on any atom is -0.480 e. The average Bonchev–Trinajstić information content (AvgIpc) is 2.81. The van der Waals surface area contributed by atoms with Gasteiger partial charge in [0.05, 0.1) is 16.3 Å². The zero-order valence-corrected chi connectivity index (χ0v) is 10.4. The number of hydrogen-bond acceptors (Lipinski definition) is 3. The highest BCUT2D eigenvalue weighted by Gasteiger charge is 2.35. The van der Waals surface area contributed by atoms with Gasteiger partial charge in [0, 0.05) is 6.54 Å². The number of aliphatic carboxylic acids is 1. The lowest BCUT2D eigenvalue weighted by Crippen LogP contribution is -2.40.